The molecule has 0 aliphatic heterocycles. The Morgan fingerprint density at radius 1 is 1.12 bits per heavy atom. The van der Waals surface area contributed by atoms with Gasteiger partial charge in [0.2, 0.25) is 0 Å². The van der Waals surface area contributed by atoms with Crippen LogP contribution in [0.4, 0.5) is 0 Å². The number of carbonyl (C=O) groups excluding carboxylic acids is 1. The molecular formula is C18H34Cl2HfNOSi. The number of carbonyl (C=O) groups is 1. The molecule has 1 aliphatic carbocycles. The summed E-state index contributed by atoms with van der Waals surface area (Å²) in [5.74, 6) is -0.413. The van der Waals surface area contributed by atoms with E-state index in [0.717, 1.165) is 28.8 Å². The number of halogens is 2. The van der Waals surface area contributed by atoms with Crippen LogP contribution in [0.3, 0.4) is 0 Å². The first-order valence-electron chi connectivity index (χ1n) is 8.30. The minimum absolute atomic E-state index is 0. The van der Waals surface area contributed by atoms with Crippen LogP contribution in [0.25, 0.3) is 5.73 Å². The summed E-state index contributed by atoms with van der Waals surface area (Å²) in [6.45, 7) is 8.71. The van der Waals surface area contributed by atoms with Gasteiger partial charge in [0.05, 0.1) is 0 Å². The summed E-state index contributed by atoms with van der Waals surface area (Å²) in [7, 11) is 0.750. The maximum absolute atomic E-state index is 10.2. The third-order valence-corrected chi connectivity index (χ3v) is 2.88. The van der Waals surface area contributed by atoms with Gasteiger partial charge in [0.1, 0.15) is 0 Å². The Morgan fingerprint density at radius 2 is 1.58 bits per heavy atom. The van der Waals surface area contributed by atoms with Crippen LogP contribution in [-0.2, 0) is 30.6 Å². The van der Waals surface area contributed by atoms with E-state index >= 15 is 0 Å². The minimum atomic E-state index is -0.413. The molecule has 0 aromatic rings. The first-order chi connectivity index (χ1) is 10.1. The number of allylic oxidation sites excluding steroid dienone is 4. The fourth-order valence-corrected chi connectivity index (χ4v) is 1.74. The van der Waals surface area contributed by atoms with E-state index in [1.165, 1.54) is 37.7 Å². The van der Waals surface area contributed by atoms with Crippen LogP contribution in [0.1, 0.15) is 71.6 Å². The molecule has 0 saturated heterocycles. The van der Waals surface area contributed by atoms with Crippen molar-refractivity contribution in [2.24, 2.45) is 0 Å². The van der Waals surface area contributed by atoms with Gasteiger partial charge in [-0.3, -0.25) is 6.08 Å². The molecule has 1 radical (unpaired) electrons. The quantitative estimate of drug-likeness (QED) is 0.234. The van der Waals surface area contributed by atoms with Crippen molar-refractivity contribution in [3.63, 3.8) is 0 Å². The first-order valence-corrected chi connectivity index (χ1v) is 10.6. The van der Waals surface area contributed by atoms with Crippen LogP contribution in [0.2, 0.25) is 13.1 Å². The first kappa shape index (κ1) is 35.7. The van der Waals surface area contributed by atoms with E-state index in [4.69, 9.17) is 5.73 Å². The van der Waals surface area contributed by atoms with Gasteiger partial charge in [0, 0.05) is 15.4 Å². The van der Waals surface area contributed by atoms with Crippen LogP contribution in [0, 0.1) is 6.08 Å². The van der Waals surface area contributed by atoms with Crippen molar-refractivity contribution >= 4 is 15.4 Å². The van der Waals surface area contributed by atoms with Gasteiger partial charge in [0.25, 0.3) is 0 Å². The van der Waals surface area contributed by atoms with E-state index < -0.39 is 5.91 Å². The molecule has 0 atom stereocenters. The Labute approximate surface area is 184 Å². The summed E-state index contributed by atoms with van der Waals surface area (Å²) >= 11 is 0. The number of hydrogen-bond donors (Lipinski definition) is 0. The Hall–Kier alpha value is 0.617. The van der Waals surface area contributed by atoms with Crippen LogP contribution in [0.5, 0.6) is 0 Å². The molecular weight excluding hydrogens is 524 g/mol. The van der Waals surface area contributed by atoms with Crippen molar-refractivity contribution in [1.29, 1.82) is 0 Å². The van der Waals surface area contributed by atoms with Crippen molar-refractivity contribution in [3.8, 4) is 0 Å². The average Bonchev–Trinajstić information content (AvgIpc) is 2.90. The Bertz CT molecular complexity index is 298. The molecule has 139 valence electrons. The van der Waals surface area contributed by atoms with Gasteiger partial charge in [-0.15, -0.1) is 13.3 Å². The van der Waals surface area contributed by atoms with Gasteiger partial charge in [-0.05, 0) is 12.8 Å². The van der Waals surface area contributed by atoms with Crippen molar-refractivity contribution in [2.45, 2.75) is 84.7 Å². The van der Waals surface area contributed by atoms with E-state index in [2.05, 4.69) is 39.1 Å². The van der Waals surface area contributed by atoms with Crippen LogP contribution >= 0.6 is 0 Å². The fourth-order valence-electron chi connectivity index (χ4n) is 1.74. The third-order valence-electron chi connectivity index (χ3n) is 2.88. The van der Waals surface area contributed by atoms with Gasteiger partial charge in [0.15, 0.2) is 0 Å². The normalized spacial score (nSPS) is 10.4. The summed E-state index contributed by atoms with van der Waals surface area (Å²) in [5, 5.41) is 0. The molecule has 24 heavy (non-hydrogen) atoms. The largest absolute Gasteiger partial charge is 4.00 e. The summed E-state index contributed by atoms with van der Waals surface area (Å²) < 4.78 is 0. The third kappa shape index (κ3) is 38.3. The number of amides is 1. The molecule has 1 amide bonds. The molecule has 0 bridgehead atoms. The molecule has 0 spiro atoms. The summed E-state index contributed by atoms with van der Waals surface area (Å²) in [6.07, 6.45) is 17.2. The van der Waals surface area contributed by atoms with Gasteiger partial charge < -0.3 is 35.3 Å². The molecule has 1 aliphatic rings. The molecule has 0 fully saturated rings. The standard InChI is InChI=1S/C10H21NO.C6H7.C2H7Si.2ClH.Hf/c1-2-3-4-5-6-7-8-9-10(11)12;1-6-4-2-3-5-6;1-3-2;;;/h2-9H2,1H3,(H2,11,12);4-5H,2H2,1H3;3H,1-2H3;2*1H;/q;-1;;;;+4/p-3. The fraction of sp³-hybridized carbons (Fsp3) is 0.722. The Kier molecular flexibility index (Phi) is 46.7. The maximum atomic E-state index is 10.2. The van der Waals surface area contributed by atoms with E-state index in [1.807, 2.05) is 6.08 Å². The Morgan fingerprint density at radius 3 is 1.88 bits per heavy atom. The van der Waals surface area contributed by atoms with Gasteiger partial charge >= 0.3 is 25.8 Å². The zero-order chi connectivity index (χ0) is 16.3. The van der Waals surface area contributed by atoms with Crippen molar-refractivity contribution in [1.82, 2.24) is 0 Å². The van der Waals surface area contributed by atoms with Crippen molar-refractivity contribution < 1.29 is 55.5 Å². The molecule has 0 saturated carbocycles. The monoisotopic (exact) mass is 558 g/mol. The molecule has 0 heterocycles. The second kappa shape index (κ2) is 31.4. The minimum Gasteiger partial charge on any atom is -1.00 e. The van der Waals surface area contributed by atoms with E-state index in [-0.39, 0.29) is 50.7 Å². The average molecular weight is 558 g/mol. The van der Waals surface area contributed by atoms with Gasteiger partial charge in [-0.25, -0.2) is 11.6 Å². The summed E-state index contributed by atoms with van der Waals surface area (Å²) in [6, 6.07) is 0. The number of rotatable bonds is 8. The Balaban J connectivity index is -0.0000000852. The van der Waals surface area contributed by atoms with E-state index in [9.17, 15) is 4.79 Å². The predicted octanol–water partition coefficient (Wildman–Crippen LogP) is -0.0737. The molecule has 0 aromatic carbocycles. The van der Waals surface area contributed by atoms with Crippen LogP contribution < -0.4 is 24.8 Å². The SMILES string of the molecule is CC1=CC[C-]=C1.CCCCCCCCCC([NH-])=O.C[SiH]C.[Cl-].[Cl-].[Hf+4]. The van der Waals surface area contributed by atoms with Crippen molar-refractivity contribution in [2.75, 3.05) is 0 Å². The summed E-state index contributed by atoms with van der Waals surface area (Å²) in [5.41, 5.74) is 8.03. The van der Waals surface area contributed by atoms with Gasteiger partial charge in [-0.2, -0.15) is 6.08 Å². The molecule has 2 nitrogen and oxygen atoms in total. The molecule has 0 unspecified atom stereocenters. The van der Waals surface area contributed by atoms with Gasteiger partial charge in [-0.1, -0.05) is 58.5 Å². The zero-order valence-corrected chi connectivity index (χ0v) is 22.0. The smallest absolute Gasteiger partial charge is 1.00 e. The topological polar surface area (TPSA) is 40.9 Å². The van der Waals surface area contributed by atoms with Crippen LogP contribution in [-0.4, -0.2) is 15.4 Å². The second-order valence-electron chi connectivity index (χ2n) is 5.37. The van der Waals surface area contributed by atoms with Crippen molar-refractivity contribution in [3.05, 3.63) is 29.5 Å². The zero-order valence-electron chi connectivity index (χ0n) is 15.8. The second-order valence-corrected chi connectivity index (χ2v) is 6.53. The molecule has 1 N–H and O–H groups in total. The predicted molar refractivity (Wildman–Crippen MR) is 97.0 cm³/mol. The van der Waals surface area contributed by atoms with E-state index in [0.29, 0.717) is 6.42 Å². The number of unbranched alkanes of at least 4 members (excludes halogenated alkanes) is 6. The molecule has 6 heteroatoms. The maximum Gasteiger partial charge on any atom is 4.00 e. The molecule has 0 aromatic heterocycles. The molecule has 1 rings (SSSR count). The van der Waals surface area contributed by atoms with E-state index in [1.54, 1.807) is 0 Å². The number of hydrogen-bond acceptors (Lipinski definition) is 1. The summed E-state index contributed by atoms with van der Waals surface area (Å²) in [4.78, 5) is 10.2. The van der Waals surface area contributed by atoms with Crippen LogP contribution in [0.15, 0.2) is 17.7 Å². The number of nitrogens with one attached hydrogen (secondary N) is 1.